The summed E-state index contributed by atoms with van der Waals surface area (Å²) in [5, 5.41) is 12.8. The van der Waals surface area contributed by atoms with Crippen molar-refractivity contribution in [1.29, 1.82) is 0 Å². The molecule has 2 rings (SSSR count). The van der Waals surface area contributed by atoms with Crippen LogP contribution in [0.25, 0.3) is 0 Å². The molecule has 0 saturated carbocycles. The van der Waals surface area contributed by atoms with Crippen molar-refractivity contribution in [3.05, 3.63) is 29.8 Å². The summed E-state index contributed by atoms with van der Waals surface area (Å²) in [5.74, 6) is -0.134. The molecular formula is C14H21NO3S. The molecule has 1 heterocycles. The first-order chi connectivity index (χ1) is 9.00. The highest BCUT2D eigenvalue weighted by molar-refractivity contribution is 7.91. The number of aliphatic hydroxyl groups is 1. The summed E-state index contributed by atoms with van der Waals surface area (Å²) in [4.78, 5) is 0. The fourth-order valence-electron chi connectivity index (χ4n) is 2.33. The molecule has 0 aliphatic carbocycles. The van der Waals surface area contributed by atoms with Gasteiger partial charge in [-0.25, -0.2) is 8.42 Å². The predicted octanol–water partition coefficient (Wildman–Crippen LogP) is 1.60. The standard InChI is InChI=1S/C14H21NO3S/c1-2-3-4-11-5-7-12(8-6-11)15-13-9-19(17,18)10-14(13)16/h5-8,13-16H,2-4,9-10H2,1H3. The molecule has 2 atom stereocenters. The van der Waals surface area contributed by atoms with Gasteiger partial charge < -0.3 is 10.4 Å². The topological polar surface area (TPSA) is 66.4 Å². The van der Waals surface area contributed by atoms with Crippen LogP contribution < -0.4 is 5.32 Å². The summed E-state index contributed by atoms with van der Waals surface area (Å²) >= 11 is 0. The van der Waals surface area contributed by atoms with Gasteiger partial charge in [0.05, 0.1) is 23.7 Å². The summed E-state index contributed by atoms with van der Waals surface area (Å²) in [5.41, 5.74) is 2.15. The first-order valence-corrected chi connectivity index (χ1v) is 8.56. The van der Waals surface area contributed by atoms with Crippen LogP contribution in [-0.2, 0) is 16.3 Å². The number of aryl methyl sites for hydroxylation is 1. The van der Waals surface area contributed by atoms with Crippen LogP contribution in [0.5, 0.6) is 0 Å². The molecule has 5 heteroatoms. The number of rotatable bonds is 5. The molecule has 1 aliphatic rings. The second-order valence-electron chi connectivity index (χ2n) is 5.20. The Morgan fingerprint density at radius 1 is 1.26 bits per heavy atom. The molecule has 4 nitrogen and oxygen atoms in total. The maximum atomic E-state index is 11.4. The molecular weight excluding hydrogens is 262 g/mol. The molecule has 0 aromatic heterocycles. The van der Waals surface area contributed by atoms with E-state index in [1.54, 1.807) is 0 Å². The van der Waals surface area contributed by atoms with E-state index in [1.165, 1.54) is 18.4 Å². The largest absolute Gasteiger partial charge is 0.390 e. The molecule has 1 fully saturated rings. The van der Waals surface area contributed by atoms with Crippen molar-refractivity contribution < 1.29 is 13.5 Å². The van der Waals surface area contributed by atoms with E-state index in [0.29, 0.717) is 0 Å². The van der Waals surface area contributed by atoms with Gasteiger partial charge in [-0.2, -0.15) is 0 Å². The van der Waals surface area contributed by atoms with Crippen molar-refractivity contribution in [3.8, 4) is 0 Å². The van der Waals surface area contributed by atoms with E-state index in [9.17, 15) is 13.5 Å². The molecule has 19 heavy (non-hydrogen) atoms. The van der Waals surface area contributed by atoms with Gasteiger partial charge in [0.15, 0.2) is 9.84 Å². The third kappa shape index (κ3) is 3.94. The van der Waals surface area contributed by atoms with Crippen molar-refractivity contribution in [1.82, 2.24) is 0 Å². The fraction of sp³-hybridized carbons (Fsp3) is 0.571. The zero-order valence-corrected chi connectivity index (χ0v) is 12.0. The lowest BCUT2D eigenvalue weighted by Crippen LogP contribution is -2.31. The average molecular weight is 283 g/mol. The lowest BCUT2D eigenvalue weighted by atomic mass is 10.1. The van der Waals surface area contributed by atoms with Gasteiger partial charge in [-0.3, -0.25) is 0 Å². The quantitative estimate of drug-likeness (QED) is 0.861. The Kier molecular flexibility index (Phi) is 4.47. The summed E-state index contributed by atoms with van der Waals surface area (Å²) in [6.45, 7) is 2.16. The van der Waals surface area contributed by atoms with Crippen LogP contribution in [0.3, 0.4) is 0 Å². The van der Waals surface area contributed by atoms with Gasteiger partial charge in [-0.15, -0.1) is 0 Å². The number of anilines is 1. The van der Waals surface area contributed by atoms with Crippen LogP contribution in [-0.4, -0.2) is 37.2 Å². The highest BCUT2D eigenvalue weighted by atomic mass is 32.2. The zero-order chi connectivity index (χ0) is 13.9. The number of benzene rings is 1. The molecule has 0 spiro atoms. The Labute approximate surface area is 114 Å². The van der Waals surface area contributed by atoms with E-state index in [2.05, 4.69) is 12.2 Å². The van der Waals surface area contributed by atoms with Crippen molar-refractivity contribution in [2.24, 2.45) is 0 Å². The minimum absolute atomic E-state index is 0.00571. The molecule has 2 unspecified atom stereocenters. The number of hydrogen-bond acceptors (Lipinski definition) is 4. The second kappa shape index (κ2) is 5.92. The normalized spacial score (nSPS) is 25.4. The SMILES string of the molecule is CCCCc1ccc(NC2CS(=O)(=O)CC2O)cc1. The summed E-state index contributed by atoms with van der Waals surface area (Å²) in [6.07, 6.45) is 2.60. The average Bonchev–Trinajstić information content (AvgIpc) is 2.61. The smallest absolute Gasteiger partial charge is 0.155 e. The summed E-state index contributed by atoms with van der Waals surface area (Å²) in [6, 6.07) is 7.60. The van der Waals surface area contributed by atoms with E-state index >= 15 is 0 Å². The van der Waals surface area contributed by atoms with Crippen LogP contribution in [0.2, 0.25) is 0 Å². The molecule has 106 valence electrons. The van der Waals surface area contributed by atoms with Crippen molar-refractivity contribution in [2.45, 2.75) is 38.3 Å². The maximum absolute atomic E-state index is 11.4. The molecule has 0 amide bonds. The predicted molar refractivity (Wildman–Crippen MR) is 77.1 cm³/mol. The lowest BCUT2D eigenvalue weighted by Gasteiger charge is -2.16. The highest BCUT2D eigenvalue weighted by Crippen LogP contribution is 2.19. The minimum Gasteiger partial charge on any atom is -0.390 e. The molecule has 2 N–H and O–H groups in total. The van der Waals surface area contributed by atoms with E-state index in [4.69, 9.17) is 0 Å². The van der Waals surface area contributed by atoms with Gasteiger partial charge in [0.25, 0.3) is 0 Å². The van der Waals surface area contributed by atoms with Gasteiger partial charge in [0, 0.05) is 5.69 Å². The van der Waals surface area contributed by atoms with E-state index in [0.717, 1.165) is 12.1 Å². The van der Waals surface area contributed by atoms with Gasteiger partial charge in [-0.05, 0) is 30.5 Å². The number of sulfone groups is 1. The molecule has 0 radical (unpaired) electrons. The lowest BCUT2D eigenvalue weighted by molar-refractivity contribution is 0.190. The number of hydrogen-bond donors (Lipinski definition) is 2. The third-order valence-corrected chi connectivity index (χ3v) is 5.16. The van der Waals surface area contributed by atoms with Gasteiger partial charge in [0.1, 0.15) is 0 Å². The minimum atomic E-state index is -3.10. The molecule has 1 aromatic carbocycles. The Balaban J connectivity index is 1.96. The Hall–Kier alpha value is -1.07. The summed E-state index contributed by atoms with van der Waals surface area (Å²) in [7, 11) is -3.10. The van der Waals surface area contributed by atoms with Gasteiger partial charge >= 0.3 is 0 Å². The van der Waals surface area contributed by atoms with Gasteiger partial charge in [0.2, 0.25) is 0 Å². The van der Waals surface area contributed by atoms with Crippen molar-refractivity contribution in [3.63, 3.8) is 0 Å². The van der Waals surface area contributed by atoms with Crippen molar-refractivity contribution in [2.75, 3.05) is 16.8 Å². The fourth-order valence-corrected chi connectivity index (χ4v) is 4.07. The number of nitrogens with one attached hydrogen (secondary N) is 1. The molecule has 1 saturated heterocycles. The molecule has 1 aliphatic heterocycles. The van der Waals surface area contributed by atoms with Gasteiger partial charge in [-0.1, -0.05) is 25.5 Å². The monoisotopic (exact) mass is 283 g/mol. The van der Waals surface area contributed by atoms with Crippen LogP contribution in [0.1, 0.15) is 25.3 Å². The van der Waals surface area contributed by atoms with E-state index < -0.39 is 22.0 Å². The highest BCUT2D eigenvalue weighted by Gasteiger charge is 2.36. The Morgan fingerprint density at radius 3 is 2.47 bits per heavy atom. The van der Waals surface area contributed by atoms with E-state index in [-0.39, 0.29) is 11.5 Å². The van der Waals surface area contributed by atoms with Crippen LogP contribution >= 0.6 is 0 Å². The van der Waals surface area contributed by atoms with Crippen LogP contribution in [0, 0.1) is 0 Å². The Bertz CT molecular complexity index is 510. The van der Waals surface area contributed by atoms with E-state index in [1.807, 2.05) is 24.3 Å². The first-order valence-electron chi connectivity index (χ1n) is 6.74. The maximum Gasteiger partial charge on any atom is 0.155 e. The summed E-state index contributed by atoms with van der Waals surface area (Å²) < 4.78 is 22.8. The van der Waals surface area contributed by atoms with Crippen LogP contribution in [0.15, 0.2) is 24.3 Å². The second-order valence-corrected chi connectivity index (χ2v) is 7.35. The third-order valence-electron chi connectivity index (χ3n) is 3.45. The first kappa shape index (κ1) is 14.3. The number of unbranched alkanes of at least 4 members (excludes halogenated alkanes) is 1. The number of aliphatic hydroxyl groups excluding tert-OH is 1. The zero-order valence-electron chi connectivity index (χ0n) is 11.2. The van der Waals surface area contributed by atoms with Crippen molar-refractivity contribution >= 4 is 15.5 Å². The molecule has 0 bridgehead atoms. The Morgan fingerprint density at radius 2 is 1.95 bits per heavy atom. The molecule has 1 aromatic rings. The van der Waals surface area contributed by atoms with Crippen LogP contribution in [0.4, 0.5) is 5.69 Å².